The number of carbonyl (C=O) groups is 1. The third kappa shape index (κ3) is 5.94. The molecule has 35 heavy (non-hydrogen) atoms. The SMILES string of the molecule is CC(c1ccccc1)[C@H](c1cnc(-c2cc(Cl)nc(N(C)S(C)(=O)=O)c2)o1)N(C(=O)O)C(C)(C)C. The molecule has 0 aliphatic carbocycles. The van der Waals surface area contributed by atoms with Gasteiger partial charge in [-0.05, 0) is 38.5 Å². The lowest BCUT2D eigenvalue weighted by molar-refractivity contribution is 0.0540. The quantitative estimate of drug-likeness (QED) is 0.414. The first-order valence-electron chi connectivity index (χ1n) is 10.8. The fraction of sp³-hybridized carbons (Fsp3) is 0.375. The van der Waals surface area contributed by atoms with E-state index in [4.69, 9.17) is 16.0 Å². The molecule has 9 nitrogen and oxygen atoms in total. The van der Waals surface area contributed by atoms with Gasteiger partial charge >= 0.3 is 6.09 Å². The maximum Gasteiger partial charge on any atom is 0.408 e. The standard InChI is InChI=1S/C24H29ClN4O5S/c1-15(16-10-8-7-9-11-16)21(29(23(30)31)24(2,3)4)18-14-26-22(34-18)17-12-19(25)27-20(13-17)28(5)35(6,32)33/h7-15,21H,1-6H3,(H,30,31)/t15?,21-/m1/s1. The van der Waals surface area contributed by atoms with E-state index in [1.165, 1.54) is 30.3 Å². The number of hydrogen-bond acceptors (Lipinski definition) is 6. The molecule has 1 amide bonds. The molecule has 0 saturated carbocycles. The van der Waals surface area contributed by atoms with E-state index in [1.807, 2.05) is 58.0 Å². The highest BCUT2D eigenvalue weighted by atomic mass is 35.5. The van der Waals surface area contributed by atoms with Crippen molar-refractivity contribution in [3.8, 4) is 11.5 Å². The minimum absolute atomic E-state index is 0.0591. The molecular weight excluding hydrogens is 492 g/mol. The lowest BCUT2D eigenvalue weighted by atomic mass is 9.88. The fourth-order valence-corrected chi connectivity index (χ4v) is 4.49. The van der Waals surface area contributed by atoms with Gasteiger partial charge in [0.1, 0.15) is 22.8 Å². The maximum absolute atomic E-state index is 12.4. The molecule has 188 valence electrons. The predicted molar refractivity (Wildman–Crippen MR) is 135 cm³/mol. The van der Waals surface area contributed by atoms with Crippen molar-refractivity contribution in [3.05, 3.63) is 65.1 Å². The number of rotatable bonds is 7. The molecule has 0 bridgehead atoms. The van der Waals surface area contributed by atoms with Crippen LogP contribution in [0.2, 0.25) is 5.15 Å². The highest BCUT2D eigenvalue weighted by Gasteiger charge is 2.40. The molecule has 11 heteroatoms. The number of oxazole rings is 1. The molecule has 1 aromatic carbocycles. The summed E-state index contributed by atoms with van der Waals surface area (Å²) in [5.41, 5.74) is 0.609. The number of halogens is 1. The number of pyridine rings is 1. The Morgan fingerprint density at radius 2 is 1.80 bits per heavy atom. The number of sulfonamides is 1. The molecule has 0 aliphatic heterocycles. The molecular formula is C24H29ClN4O5S. The second kappa shape index (κ2) is 9.87. The van der Waals surface area contributed by atoms with Crippen LogP contribution in [-0.2, 0) is 10.0 Å². The van der Waals surface area contributed by atoms with Crippen molar-refractivity contribution in [1.82, 2.24) is 14.9 Å². The van der Waals surface area contributed by atoms with Gasteiger partial charge in [0, 0.05) is 24.1 Å². The first-order valence-corrected chi connectivity index (χ1v) is 13.1. The second-order valence-electron chi connectivity index (χ2n) is 9.30. The number of anilines is 1. The van der Waals surface area contributed by atoms with E-state index in [0.717, 1.165) is 16.1 Å². The summed E-state index contributed by atoms with van der Waals surface area (Å²) in [6.45, 7) is 7.39. The van der Waals surface area contributed by atoms with Crippen molar-refractivity contribution in [2.24, 2.45) is 0 Å². The van der Waals surface area contributed by atoms with Crippen molar-refractivity contribution in [1.29, 1.82) is 0 Å². The van der Waals surface area contributed by atoms with Crippen LogP contribution in [0.4, 0.5) is 10.6 Å². The smallest absolute Gasteiger partial charge is 0.408 e. The summed E-state index contributed by atoms with van der Waals surface area (Å²) in [5, 5.41) is 10.2. The van der Waals surface area contributed by atoms with E-state index in [2.05, 4.69) is 9.97 Å². The molecule has 1 unspecified atom stereocenters. The molecule has 2 heterocycles. The normalized spacial score (nSPS) is 13.8. The van der Waals surface area contributed by atoms with E-state index in [9.17, 15) is 18.3 Å². The first-order chi connectivity index (χ1) is 16.2. The van der Waals surface area contributed by atoms with Gasteiger partial charge in [0.05, 0.1) is 12.5 Å². The van der Waals surface area contributed by atoms with Crippen LogP contribution in [0, 0.1) is 0 Å². The number of hydrogen-bond donors (Lipinski definition) is 1. The average Bonchev–Trinajstić information content (AvgIpc) is 3.24. The van der Waals surface area contributed by atoms with Gasteiger partial charge in [0.15, 0.2) is 0 Å². The van der Waals surface area contributed by atoms with Gasteiger partial charge in [-0.3, -0.25) is 9.21 Å². The summed E-state index contributed by atoms with van der Waals surface area (Å²) >= 11 is 6.16. The summed E-state index contributed by atoms with van der Waals surface area (Å²) in [6, 6.07) is 11.9. The summed E-state index contributed by atoms with van der Waals surface area (Å²) in [5.74, 6) is 0.350. The van der Waals surface area contributed by atoms with Gasteiger partial charge in [0.25, 0.3) is 0 Å². The Balaban J connectivity index is 2.12. The second-order valence-corrected chi connectivity index (χ2v) is 11.7. The first kappa shape index (κ1) is 26.5. The molecule has 3 rings (SSSR count). The molecule has 0 fully saturated rings. The van der Waals surface area contributed by atoms with Crippen LogP contribution in [0.25, 0.3) is 11.5 Å². The lowest BCUT2D eigenvalue weighted by Crippen LogP contribution is -2.48. The van der Waals surface area contributed by atoms with Crippen molar-refractivity contribution in [2.75, 3.05) is 17.6 Å². The van der Waals surface area contributed by atoms with Gasteiger partial charge in [-0.2, -0.15) is 0 Å². The summed E-state index contributed by atoms with van der Waals surface area (Å²) in [7, 11) is -2.20. The Morgan fingerprint density at radius 1 is 1.17 bits per heavy atom. The molecule has 0 radical (unpaired) electrons. The Labute approximate surface area is 210 Å². The highest BCUT2D eigenvalue weighted by Crippen LogP contribution is 2.41. The highest BCUT2D eigenvalue weighted by molar-refractivity contribution is 7.92. The molecule has 3 aromatic rings. The topological polar surface area (TPSA) is 117 Å². The van der Waals surface area contributed by atoms with Gasteiger partial charge in [-0.1, -0.05) is 48.9 Å². The fourth-order valence-electron chi connectivity index (χ4n) is 3.85. The van der Waals surface area contributed by atoms with Gasteiger partial charge < -0.3 is 9.52 Å². The van der Waals surface area contributed by atoms with Crippen molar-refractivity contribution < 1.29 is 22.7 Å². The molecule has 0 aliphatic rings. The lowest BCUT2D eigenvalue weighted by Gasteiger charge is -2.41. The third-order valence-electron chi connectivity index (χ3n) is 5.67. The van der Waals surface area contributed by atoms with Crippen LogP contribution >= 0.6 is 11.6 Å². The van der Waals surface area contributed by atoms with Crippen LogP contribution in [0.15, 0.2) is 53.1 Å². The van der Waals surface area contributed by atoms with E-state index >= 15 is 0 Å². The Morgan fingerprint density at radius 3 is 2.34 bits per heavy atom. The Kier molecular flexibility index (Phi) is 7.47. The minimum atomic E-state index is -3.57. The zero-order valence-corrected chi connectivity index (χ0v) is 22.0. The number of amides is 1. The maximum atomic E-state index is 12.4. The number of nitrogens with zero attached hydrogens (tertiary/aromatic N) is 4. The molecule has 1 N–H and O–H groups in total. The predicted octanol–water partition coefficient (Wildman–Crippen LogP) is 5.41. The van der Waals surface area contributed by atoms with Gasteiger partial charge in [-0.25, -0.2) is 23.2 Å². The molecule has 2 atom stereocenters. The Bertz CT molecular complexity index is 1300. The summed E-state index contributed by atoms with van der Waals surface area (Å²) in [6.07, 6.45) is 1.46. The summed E-state index contributed by atoms with van der Waals surface area (Å²) < 4.78 is 31.0. The zero-order valence-electron chi connectivity index (χ0n) is 20.4. The van der Waals surface area contributed by atoms with Crippen LogP contribution in [0.5, 0.6) is 0 Å². The minimum Gasteiger partial charge on any atom is -0.465 e. The monoisotopic (exact) mass is 520 g/mol. The van der Waals surface area contributed by atoms with Crippen molar-refractivity contribution in [2.45, 2.75) is 45.2 Å². The largest absolute Gasteiger partial charge is 0.465 e. The van der Waals surface area contributed by atoms with E-state index in [0.29, 0.717) is 11.3 Å². The number of carboxylic acid groups (broad SMARTS) is 1. The number of benzene rings is 1. The van der Waals surface area contributed by atoms with Crippen molar-refractivity contribution >= 4 is 33.5 Å². The van der Waals surface area contributed by atoms with Gasteiger partial charge in [-0.15, -0.1) is 0 Å². The molecule has 0 saturated heterocycles. The zero-order chi connectivity index (χ0) is 26.1. The molecule has 2 aromatic heterocycles. The van der Waals surface area contributed by atoms with Crippen molar-refractivity contribution in [3.63, 3.8) is 0 Å². The Hall–Kier alpha value is -3.11. The van der Waals surface area contributed by atoms with Gasteiger partial charge in [0.2, 0.25) is 15.9 Å². The third-order valence-corrected chi connectivity index (χ3v) is 7.04. The summed E-state index contributed by atoms with van der Waals surface area (Å²) in [4.78, 5) is 22.2. The van der Waals surface area contributed by atoms with E-state index in [-0.39, 0.29) is 22.8 Å². The van der Waals surface area contributed by atoms with Crippen LogP contribution < -0.4 is 4.31 Å². The molecule has 0 spiro atoms. The van der Waals surface area contributed by atoms with E-state index < -0.39 is 27.7 Å². The van der Waals surface area contributed by atoms with Crippen LogP contribution in [0.1, 0.15) is 51.0 Å². The van der Waals surface area contributed by atoms with E-state index in [1.54, 1.807) is 0 Å². The average molecular weight is 521 g/mol. The van der Waals surface area contributed by atoms with Crippen LogP contribution in [0.3, 0.4) is 0 Å². The number of aromatic nitrogens is 2. The van der Waals surface area contributed by atoms with Crippen LogP contribution in [-0.4, -0.2) is 53.3 Å².